The van der Waals surface area contributed by atoms with Gasteiger partial charge in [0.2, 0.25) is 5.71 Å². The van der Waals surface area contributed by atoms with E-state index in [1.165, 1.54) is 43.4 Å². The molecule has 0 bridgehead atoms. The highest BCUT2D eigenvalue weighted by molar-refractivity contribution is 6.11. The molecule has 0 atom stereocenters. The number of amides is 1. The van der Waals surface area contributed by atoms with E-state index in [9.17, 15) is 22.4 Å². The van der Waals surface area contributed by atoms with Crippen molar-refractivity contribution in [3.05, 3.63) is 71.3 Å². The Bertz CT molecular complexity index is 1330. The molecule has 4 rings (SSSR count). The molecule has 2 aromatic heterocycles. The lowest BCUT2D eigenvalue weighted by atomic mass is 10.00. The molecule has 170 valence electrons. The molecule has 4 aromatic rings. The topological polar surface area (TPSA) is 67.2 Å². The number of hydrogen-bond donors (Lipinski definition) is 2. The third kappa shape index (κ3) is 4.39. The van der Waals surface area contributed by atoms with Gasteiger partial charge in [0.1, 0.15) is 23.2 Å². The number of halogens is 4. The molecule has 0 aliphatic carbocycles. The number of aromatic nitrogens is 1. The summed E-state index contributed by atoms with van der Waals surface area (Å²) in [6.45, 7) is 0.914. The van der Waals surface area contributed by atoms with Crippen LogP contribution in [0.5, 0.6) is 0 Å². The third-order valence-corrected chi connectivity index (χ3v) is 5.14. The lowest BCUT2D eigenvalue weighted by molar-refractivity contribution is 0.0964. The molecule has 0 saturated carbocycles. The molecule has 33 heavy (non-hydrogen) atoms. The third-order valence-electron chi connectivity index (χ3n) is 5.14. The van der Waals surface area contributed by atoms with Crippen molar-refractivity contribution in [1.82, 2.24) is 10.3 Å². The van der Waals surface area contributed by atoms with Crippen LogP contribution in [0.3, 0.4) is 0 Å². The minimum Gasteiger partial charge on any atom is -0.437 e. The Morgan fingerprint density at radius 1 is 1.06 bits per heavy atom. The maximum absolute atomic E-state index is 13.8. The van der Waals surface area contributed by atoms with E-state index in [-0.39, 0.29) is 22.9 Å². The summed E-state index contributed by atoms with van der Waals surface area (Å²) in [7, 11) is 1.45. The number of pyridine rings is 1. The van der Waals surface area contributed by atoms with Crippen LogP contribution in [-0.2, 0) is 0 Å². The molecule has 0 radical (unpaired) electrons. The van der Waals surface area contributed by atoms with Gasteiger partial charge in [-0.2, -0.15) is 4.98 Å². The Balaban J connectivity index is 1.99. The number of carbonyl (C=O) groups is 1. The van der Waals surface area contributed by atoms with Crippen LogP contribution in [0.15, 0.2) is 52.9 Å². The molecule has 0 saturated heterocycles. The maximum Gasteiger partial charge on any atom is 0.255 e. The number of fused-ring (bicyclic) bond motifs is 1. The van der Waals surface area contributed by atoms with Crippen molar-refractivity contribution in [3.63, 3.8) is 0 Å². The number of rotatable bonds is 6. The molecule has 2 N–H and O–H groups in total. The van der Waals surface area contributed by atoms with Crippen molar-refractivity contribution in [2.24, 2.45) is 0 Å². The molecule has 0 fully saturated rings. The zero-order valence-electron chi connectivity index (χ0n) is 17.7. The van der Waals surface area contributed by atoms with Gasteiger partial charge < -0.3 is 15.1 Å². The predicted molar refractivity (Wildman–Crippen MR) is 117 cm³/mol. The summed E-state index contributed by atoms with van der Waals surface area (Å²) in [5.41, 5.74) is 1.90. The van der Waals surface area contributed by atoms with Gasteiger partial charge in [-0.1, -0.05) is 6.07 Å². The highest BCUT2D eigenvalue weighted by Gasteiger charge is 2.25. The molecule has 0 unspecified atom stereocenters. The lowest BCUT2D eigenvalue weighted by Gasteiger charge is -2.12. The number of hydrogen-bond acceptors (Lipinski definition) is 4. The van der Waals surface area contributed by atoms with Crippen LogP contribution in [0, 0.1) is 18.6 Å². The van der Waals surface area contributed by atoms with Gasteiger partial charge in [-0.15, -0.1) is 0 Å². The summed E-state index contributed by atoms with van der Waals surface area (Å²) in [5, 5.41) is 5.47. The average Bonchev–Trinajstić information content (AvgIpc) is 3.17. The SMILES string of the molecule is CNC(=O)c1c(-c2ccc(F)cc2)oc2nc(NCC(F)F)c(-c3ccc(F)c(C)c3)cc12. The van der Waals surface area contributed by atoms with Crippen molar-refractivity contribution in [2.75, 3.05) is 18.9 Å². The number of carbonyl (C=O) groups excluding carboxylic acids is 1. The first-order valence-corrected chi connectivity index (χ1v) is 10.0. The minimum absolute atomic E-state index is 0.0345. The fourth-order valence-electron chi connectivity index (χ4n) is 3.52. The molecule has 2 aromatic carbocycles. The minimum atomic E-state index is -2.64. The van der Waals surface area contributed by atoms with Gasteiger partial charge in [0.15, 0.2) is 0 Å². The smallest absolute Gasteiger partial charge is 0.255 e. The highest BCUT2D eigenvalue weighted by atomic mass is 19.3. The summed E-state index contributed by atoms with van der Waals surface area (Å²) in [6.07, 6.45) is -2.64. The Morgan fingerprint density at radius 3 is 2.39 bits per heavy atom. The standard InChI is InChI=1S/C24H19F4N3O2/c1-12-9-14(5-8-18(12)26)16-10-17-20(23(32)29-2)21(13-3-6-15(25)7-4-13)33-24(17)31-22(16)30-11-19(27)28/h3-10,19H,11H2,1-2H3,(H,29,32)(H,30,31). The van der Waals surface area contributed by atoms with Gasteiger partial charge in [-0.25, -0.2) is 17.6 Å². The first-order chi connectivity index (χ1) is 15.8. The number of alkyl halides is 2. The Morgan fingerprint density at radius 2 is 1.76 bits per heavy atom. The molecule has 5 nitrogen and oxygen atoms in total. The van der Waals surface area contributed by atoms with Gasteiger partial charge in [0.25, 0.3) is 12.3 Å². The fraction of sp³-hybridized carbons (Fsp3) is 0.167. The van der Waals surface area contributed by atoms with E-state index in [2.05, 4.69) is 15.6 Å². The second kappa shape index (κ2) is 8.93. The quantitative estimate of drug-likeness (QED) is 0.360. The van der Waals surface area contributed by atoms with Crippen LogP contribution >= 0.6 is 0 Å². The second-order valence-corrected chi connectivity index (χ2v) is 7.37. The number of nitrogens with zero attached hydrogens (tertiary/aromatic N) is 1. The van der Waals surface area contributed by atoms with E-state index in [4.69, 9.17) is 4.42 Å². The van der Waals surface area contributed by atoms with Crippen LogP contribution < -0.4 is 10.6 Å². The summed E-state index contributed by atoms with van der Waals surface area (Å²) >= 11 is 0. The van der Waals surface area contributed by atoms with Crippen molar-refractivity contribution in [2.45, 2.75) is 13.3 Å². The van der Waals surface area contributed by atoms with Crippen molar-refractivity contribution < 1.29 is 26.8 Å². The number of nitrogens with one attached hydrogen (secondary N) is 2. The second-order valence-electron chi connectivity index (χ2n) is 7.37. The van der Waals surface area contributed by atoms with E-state index in [1.807, 2.05) is 0 Å². The van der Waals surface area contributed by atoms with Crippen LogP contribution in [0.1, 0.15) is 15.9 Å². The van der Waals surface area contributed by atoms with E-state index >= 15 is 0 Å². The first kappa shape index (κ1) is 22.3. The normalized spacial score (nSPS) is 11.2. The van der Waals surface area contributed by atoms with E-state index in [1.54, 1.807) is 19.1 Å². The van der Waals surface area contributed by atoms with E-state index < -0.39 is 30.5 Å². The number of furan rings is 1. The number of benzene rings is 2. The summed E-state index contributed by atoms with van der Waals surface area (Å²) in [5.74, 6) is -1.09. The zero-order valence-corrected chi connectivity index (χ0v) is 17.7. The highest BCUT2D eigenvalue weighted by Crippen LogP contribution is 2.38. The number of anilines is 1. The summed E-state index contributed by atoms with van der Waals surface area (Å²) < 4.78 is 58.9. The molecule has 0 aliphatic rings. The van der Waals surface area contributed by atoms with Crippen LogP contribution in [0.2, 0.25) is 0 Å². The first-order valence-electron chi connectivity index (χ1n) is 10.0. The summed E-state index contributed by atoms with van der Waals surface area (Å²) in [4.78, 5) is 17.1. The Kier molecular flexibility index (Phi) is 6.04. The van der Waals surface area contributed by atoms with E-state index in [0.29, 0.717) is 27.6 Å². The van der Waals surface area contributed by atoms with Gasteiger partial charge in [0, 0.05) is 18.2 Å². The molecular weight excluding hydrogens is 438 g/mol. The molecular formula is C24H19F4N3O2. The lowest BCUT2D eigenvalue weighted by Crippen LogP contribution is -2.18. The van der Waals surface area contributed by atoms with Crippen molar-refractivity contribution in [3.8, 4) is 22.5 Å². The monoisotopic (exact) mass is 457 g/mol. The zero-order chi connectivity index (χ0) is 23.7. The van der Waals surface area contributed by atoms with Crippen LogP contribution in [-0.4, -0.2) is 30.9 Å². The van der Waals surface area contributed by atoms with Gasteiger partial charge >= 0.3 is 0 Å². The van der Waals surface area contributed by atoms with Crippen molar-refractivity contribution >= 4 is 22.8 Å². The maximum atomic E-state index is 13.8. The van der Waals surface area contributed by atoms with E-state index in [0.717, 1.165) is 0 Å². The van der Waals surface area contributed by atoms with Crippen LogP contribution in [0.25, 0.3) is 33.6 Å². The Labute approximate surface area is 186 Å². The average molecular weight is 457 g/mol. The molecule has 0 aliphatic heterocycles. The summed E-state index contributed by atoms with van der Waals surface area (Å²) in [6, 6.07) is 11.3. The largest absolute Gasteiger partial charge is 0.437 e. The van der Waals surface area contributed by atoms with Gasteiger partial charge in [0.05, 0.1) is 17.5 Å². The molecule has 2 heterocycles. The van der Waals surface area contributed by atoms with Gasteiger partial charge in [-0.3, -0.25) is 4.79 Å². The predicted octanol–water partition coefficient (Wildman–Crippen LogP) is 5.79. The molecule has 1 amide bonds. The van der Waals surface area contributed by atoms with Gasteiger partial charge in [-0.05, 0) is 60.5 Å². The Hall–Kier alpha value is -3.88. The van der Waals surface area contributed by atoms with Crippen LogP contribution in [0.4, 0.5) is 23.4 Å². The molecule has 0 spiro atoms. The van der Waals surface area contributed by atoms with Crippen molar-refractivity contribution in [1.29, 1.82) is 0 Å². The fourth-order valence-corrected chi connectivity index (χ4v) is 3.52. The molecule has 9 heteroatoms. The number of aryl methyl sites for hydroxylation is 1.